The predicted octanol–water partition coefficient (Wildman–Crippen LogP) is 4.55. The summed E-state index contributed by atoms with van der Waals surface area (Å²) in [6.45, 7) is 6.84. The third-order valence-electron chi connectivity index (χ3n) is 3.31. The molecule has 164 valence electrons. The van der Waals surface area contributed by atoms with Crippen LogP contribution in [0.25, 0.3) is 0 Å². The number of ether oxygens (including phenoxy) is 1. The Bertz CT molecular complexity index is 930. The lowest BCUT2D eigenvalue weighted by Crippen LogP contribution is -2.42. The van der Waals surface area contributed by atoms with Crippen LogP contribution in [0.3, 0.4) is 0 Å². The first-order chi connectivity index (χ1) is 13.8. The lowest BCUT2D eigenvalue weighted by atomic mass is 10.2. The van der Waals surface area contributed by atoms with Crippen LogP contribution in [0.4, 0.5) is 23.8 Å². The molecule has 3 N–H and O–H groups in total. The molecule has 0 fully saturated rings. The Hall–Kier alpha value is -2.44. The Morgan fingerprint density at radius 3 is 2.47 bits per heavy atom. The number of nitrogens with zero attached hydrogens (tertiary/aromatic N) is 2. The smallest absolute Gasteiger partial charge is 0.422 e. The van der Waals surface area contributed by atoms with Gasteiger partial charge in [0.2, 0.25) is 0 Å². The zero-order chi connectivity index (χ0) is 22.7. The maximum absolute atomic E-state index is 12.9. The number of nitrogens with one attached hydrogen (secondary N) is 3. The summed E-state index contributed by atoms with van der Waals surface area (Å²) in [5.74, 6) is -0.988. The van der Waals surface area contributed by atoms with Gasteiger partial charge in [-0.2, -0.15) is 13.2 Å². The van der Waals surface area contributed by atoms with Gasteiger partial charge in [0.15, 0.2) is 0 Å². The number of hydrazine groups is 1. The van der Waals surface area contributed by atoms with E-state index >= 15 is 0 Å². The third-order valence-corrected chi connectivity index (χ3v) is 4.79. The second kappa shape index (κ2) is 9.14. The van der Waals surface area contributed by atoms with E-state index < -0.39 is 40.4 Å². The van der Waals surface area contributed by atoms with Crippen molar-refractivity contribution in [1.29, 1.82) is 0 Å². The van der Waals surface area contributed by atoms with Crippen molar-refractivity contribution in [1.82, 2.24) is 20.8 Å². The number of carbonyl (C=O) groups is 2. The Morgan fingerprint density at radius 1 is 1.20 bits per heavy atom. The van der Waals surface area contributed by atoms with Crippen molar-refractivity contribution in [3.8, 4) is 0 Å². The van der Waals surface area contributed by atoms with Crippen LogP contribution in [0.15, 0.2) is 18.5 Å². The van der Waals surface area contributed by atoms with E-state index in [1.54, 1.807) is 27.7 Å². The highest BCUT2D eigenvalue weighted by Crippen LogP contribution is 2.35. The zero-order valence-corrected chi connectivity index (χ0v) is 17.9. The third kappa shape index (κ3) is 6.82. The number of aromatic nitrogens is 2. The lowest BCUT2D eigenvalue weighted by Gasteiger charge is -2.20. The number of hydrogen-bond donors (Lipinski definition) is 3. The van der Waals surface area contributed by atoms with Crippen molar-refractivity contribution >= 4 is 40.8 Å². The number of carbonyl (C=O) groups excluding carboxylic acids is 2. The summed E-state index contributed by atoms with van der Waals surface area (Å²) in [6.07, 6.45) is -3.29. The number of hydrogen-bond acceptors (Lipinski definition) is 7. The van der Waals surface area contributed by atoms with Gasteiger partial charge < -0.3 is 10.1 Å². The fourth-order valence-corrected chi connectivity index (χ4v) is 3.05. The van der Waals surface area contributed by atoms with Gasteiger partial charge in [0, 0.05) is 6.20 Å². The minimum absolute atomic E-state index is 0.140. The molecule has 0 aliphatic rings. The van der Waals surface area contributed by atoms with E-state index in [-0.39, 0.29) is 10.7 Å². The van der Waals surface area contributed by atoms with Gasteiger partial charge in [-0.25, -0.2) is 20.2 Å². The summed E-state index contributed by atoms with van der Waals surface area (Å²) in [5.41, 5.74) is 3.29. The molecule has 0 radical (unpaired) electrons. The fraction of sp³-hybridized carbons (Fsp3) is 0.412. The van der Waals surface area contributed by atoms with Crippen molar-refractivity contribution in [2.75, 3.05) is 5.32 Å². The molecule has 0 spiro atoms. The maximum atomic E-state index is 12.9. The van der Waals surface area contributed by atoms with Crippen LogP contribution in [0.5, 0.6) is 0 Å². The molecule has 0 saturated heterocycles. The Morgan fingerprint density at radius 2 is 1.87 bits per heavy atom. The van der Waals surface area contributed by atoms with Gasteiger partial charge in [-0.15, -0.1) is 11.3 Å². The molecule has 30 heavy (non-hydrogen) atoms. The monoisotopic (exact) mass is 465 g/mol. The van der Waals surface area contributed by atoms with Crippen molar-refractivity contribution in [2.24, 2.45) is 0 Å². The van der Waals surface area contributed by atoms with Crippen LogP contribution in [0, 0.1) is 0 Å². The first-order valence-electron chi connectivity index (χ1n) is 8.50. The second-order valence-electron chi connectivity index (χ2n) is 7.06. The van der Waals surface area contributed by atoms with Crippen molar-refractivity contribution < 1.29 is 27.5 Å². The highest BCUT2D eigenvalue weighted by molar-refractivity contribution is 7.13. The van der Waals surface area contributed by atoms with Crippen molar-refractivity contribution in [3.63, 3.8) is 0 Å². The van der Waals surface area contributed by atoms with E-state index in [9.17, 15) is 22.8 Å². The highest BCUT2D eigenvalue weighted by atomic mass is 35.5. The summed E-state index contributed by atoms with van der Waals surface area (Å²) >= 11 is 6.50. The molecule has 8 nitrogen and oxygen atoms in total. The number of halogens is 4. The van der Waals surface area contributed by atoms with E-state index in [1.807, 2.05) is 0 Å². The van der Waals surface area contributed by atoms with Gasteiger partial charge in [-0.3, -0.25) is 10.2 Å². The summed E-state index contributed by atoms with van der Waals surface area (Å²) < 4.78 is 43.9. The quantitative estimate of drug-likeness (QED) is 0.559. The second-order valence-corrected chi connectivity index (χ2v) is 8.53. The van der Waals surface area contributed by atoms with Crippen LogP contribution in [0.2, 0.25) is 5.02 Å². The standard InChI is InChI=1S/C17H19ClF3N5O3S/c1-8(25-26-15(28)29-16(2,3)4)14-23-7-11(30-14)13(27)24-12-5-9(17(19,20)21)10(18)6-22-12/h5-8,25H,1-4H3,(H,26,28)(H,22,24,27)/t8-/m0/s1. The minimum Gasteiger partial charge on any atom is -0.443 e. The predicted molar refractivity (Wildman–Crippen MR) is 105 cm³/mol. The topological polar surface area (TPSA) is 105 Å². The Labute approximate surface area is 179 Å². The van der Waals surface area contributed by atoms with Crippen LogP contribution in [0.1, 0.15) is 54.0 Å². The summed E-state index contributed by atoms with van der Waals surface area (Å²) in [4.78, 5) is 31.9. The first kappa shape index (κ1) is 23.8. The average Bonchev–Trinajstić information content (AvgIpc) is 3.09. The van der Waals surface area contributed by atoms with Crippen molar-refractivity contribution in [2.45, 2.75) is 45.5 Å². The minimum atomic E-state index is -4.68. The molecule has 0 bridgehead atoms. The molecule has 2 rings (SSSR count). The largest absolute Gasteiger partial charge is 0.443 e. The molecule has 0 saturated carbocycles. The van der Waals surface area contributed by atoms with E-state index in [0.29, 0.717) is 11.1 Å². The number of pyridine rings is 1. The molecule has 2 amide bonds. The molecule has 2 aromatic rings. The van der Waals surface area contributed by atoms with Crippen LogP contribution in [-0.2, 0) is 10.9 Å². The van der Waals surface area contributed by atoms with E-state index in [2.05, 4.69) is 26.1 Å². The molecule has 0 aromatic carbocycles. The molecule has 2 heterocycles. The first-order valence-corrected chi connectivity index (χ1v) is 9.70. The zero-order valence-electron chi connectivity index (χ0n) is 16.3. The SMILES string of the molecule is C[C@H](NNC(=O)OC(C)(C)C)c1ncc(C(=O)Nc2cc(C(F)(F)F)c(Cl)cn2)s1. The van der Waals surface area contributed by atoms with Crippen LogP contribution >= 0.6 is 22.9 Å². The summed E-state index contributed by atoms with van der Waals surface area (Å²) in [5, 5.41) is 2.16. The molecule has 1 atom stereocenters. The molecule has 2 aromatic heterocycles. The molecule has 13 heteroatoms. The van der Waals surface area contributed by atoms with Crippen LogP contribution < -0.4 is 16.2 Å². The van der Waals surface area contributed by atoms with Gasteiger partial charge in [0.05, 0.1) is 22.8 Å². The molecular weight excluding hydrogens is 447 g/mol. The van der Waals surface area contributed by atoms with E-state index in [4.69, 9.17) is 16.3 Å². The molecule has 0 aliphatic carbocycles. The van der Waals surface area contributed by atoms with Gasteiger partial charge in [0.25, 0.3) is 5.91 Å². The van der Waals surface area contributed by atoms with E-state index in [0.717, 1.165) is 17.5 Å². The number of anilines is 1. The van der Waals surface area contributed by atoms with Gasteiger partial charge >= 0.3 is 12.3 Å². The maximum Gasteiger partial charge on any atom is 0.422 e. The number of alkyl halides is 3. The Kier molecular flexibility index (Phi) is 7.27. The normalized spacial score (nSPS) is 12.9. The number of rotatable bonds is 5. The Balaban J connectivity index is 2.00. The molecular formula is C17H19ClF3N5O3S. The summed E-state index contributed by atoms with van der Waals surface area (Å²) in [7, 11) is 0. The van der Waals surface area contributed by atoms with Gasteiger partial charge in [-0.05, 0) is 33.8 Å². The van der Waals surface area contributed by atoms with Gasteiger partial charge in [0.1, 0.15) is 21.3 Å². The molecule has 0 aliphatic heterocycles. The lowest BCUT2D eigenvalue weighted by molar-refractivity contribution is -0.137. The van der Waals surface area contributed by atoms with E-state index in [1.165, 1.54) is 6.20 Å². The average molecular weight is 466 g/mol. The highest BCUT2D eigenvalue weighted by Gasteiger charge is 2.34. The van der Waals surface area contributed by atoms with Gasteiger partial charge in [-0.1, -0.05) is 11.6 Å². The fourth-order valence-electron chi connectivity index (χ4n) is 2.03. The number of thiazole rings is 1. The molecule has 0 unspecified atom stereocenters. The number of amides is 2. The van der Waals surface area contributed by atoms with Crippen molar-refractivity contribution in [3.05, 3.63) is 38.9 Å². The summed E-state index contributed by atoms with van der Waals surface area (Å²) in [6, 6.07) is 0.187. The van der Waals surface area contributed by atoms with Crippen LogP contribution in [-0.4, -0.2) is 27.6 Å².